The van der Waals surface area contributed by atoms with Crippen LogP contribution < -0.4 is 4.74 Å². The smallest absolute Gasteiger partial charge is 0.242 e. The van der Waals surface area contributed by atoms with Crippen molar-refractivity contribution in [3.05, 3.63) is 34.7 Å². The molecule has 0 N–H and O–H groups in total. The van der Waals surface area contributed by atoms with Gasteiger partial charge in [0.25, 0.3) is 0 Å². The van der Waals surface area contributed by atoms with E-state index in [4.69, 9.17) is 4.74 Å². The van der Waals surface area contributed by atoms with Crippen LogP contribution in [0.3, 0.4) is 0 Å². The van der Waals surface area contributed by atoms with Crippen molar-refractivity contribution in [3.8, 4) is 11.8 Å². The van der Waals surface area contributed by atoms with Gasteiger partial charge in [-0.05, 0) is 28.1 Å². The van der Waals surface area contributed by atoms with E-state index in [9.17, 15) is 8.78 Å². The fourth-order valence-electron chi connectivity index (χ4n) is 1.50. The summed E-state index contributed by atoms with van der Waals surface area (Å²) < 4.78 is 32.2. The van der Waals surface area contributed by atoms with E-state index in [2.05, 4.69) is 25.9 Å². The molecule has 0 aliphatic heterocycles. The lowest BCUT2D eigenvalue weighted by Crippen LogP contribution is -2.07. The second kappa shape index (κ2) is 5.43. The maximum absolute atomic E-state index is 12.4. The molecule has 2 aromatic heterocycles. The van der Waals surface area contributed by atoms with E-state index in [0.717, 1.165) is 4.60 Å². The topological polar surface area (TPSA) is 39.9 Å². The van der Waals surface area contributed by atoms with E-state index >= 15 is 0 Å². The van der Waals surface area contributed by atoms with Crippen LogP contribution >= 0.6 is 15.9 Å². The first-order valence-electron chi connectivity index (χ1n) is 5.13. The molecule has 0 aliphatic carbocycles. The highest BCUT2D eigenvalue weighted by Crippen LogP contribution is 2.21. The Labute approximate surface area is 111 Å². The molecular formula is C11H10BrF2N3O. The zero-order valence-corrected chi connectivity index (χ0v) is 11.1. The highest BCUT2D eigenvalue weighted by molar-refractivity contribution is 9.10. The van der Waals surface area contributed by atoms with Crippen LogP contribution in [0.5, 0.6) is 5.88 Å². The molecule has 0 fully saturated rings. The number of alkyl halides is 2. The molecule has 2 rings (SSSR count). The Bertz CT molecular complexity index is 545. The van der Waals surface area contributed by atoms with Crippen molar-refractivity contribution in [1.82, 2.24) is 14.5 Å². The molecule has 0 bridgehead atoms. The Kier molecular flexibility index (Phi) is 3.90. The molecule has 2 aromatic rings. The van der Waals surface area contributed by atoms with Crippen LogP contribution in [0.15, 0.2) is 29.1 Å². The van der Waals surface area contributed by atoms with Crippen molar-refractivity contribution in [3.63, 3.8) is 0 Å². The third-order valence-electron chi connectivity index (χ3n) is 2.29. The largest absolute Gasteiger partial charge is 0.481 e. The monoisotopic (exact) mass is 317 g/mol. The van der Waals surface area contributed by atoms with Gasteiger partial charge in [0.1, 0.15) is 0 Å². The van der Waals surface area contributed by atoms with E-state index in [1.807, 2.05) is 12.1 Å². The fraction of sp³-hybridized carbons (Fsp3) is 0.273. The fourth-order valence-corrected chi connectivity index (χ4v) is 1.93. The van der Waals surface area contributed by atoms with Crippen molar-refractivity contribution in [2.45, 2.75) is 12.8 Å². The first-order chi connectivity index (χ1) is 8.61. The van der Waals surface area contributed by atoms with E-state index in [1.165, 1.54) is 13.3 Å². The lowest BCUT2D eigenvalue weighted by Gasteiger charge is -2.09. The molecule has 0 aromatic carbocycles. The highest BCUT2D eigenvalue weighted by atomic mass is 79.9. The van der Waals surface area contributed by atoms with Gasteiger partial charge in [-0.1, -0.05) is 0 Å². The van der Waals surface area contributed by atoms with E-state index in [0.29, 0.717) is 11.5 Å². The second-order valence-corrected chi connectivity index (χ2v) is 4.31. The van der Waals surface area contributed by atoms with Gasteiger partial charge in [0.05, 0.1) is 11.7 Å². The van der Waals surface area contributed by atoms with Crippen molar-refractivity contribution in [2.24, 2.45) is 0 Å². The van der Waals surface area contributed by atoms with Gasteiger partial charge in [-0.2, -0.15) is 4.98 Å². The Morgan fingerprint density at radius 1 is 1.50 bits per heavy atom. The van der Waals surface area contributed by atoms with Crippen molar-refractivity contribution >= 4 is 15.9 Å². The number of rotatable bonds is 4. The molecule has 0 atom stereocenters. The molecule has 96 valence electrons. The lowest BCUT2D eigenvalue weighted by atomic mass is 10.2. The maximum atomic E-state index is 12.4. The summed E-state index contributed by atoms with van der Waals surface area (Å²) in [4.78, 5) is 8.17. The molecule has 0 unspecified atom stereocenters. The van der Waals surface area contributed by atoms with Gasteiger partial charge in [-0.25, -0.2) is 13.8 Å². The molecule has 2 heterocycles. The predicted molar refractivity (Wildman–Crippen MR) is 65.3 cm³/mol. The van der Waals surface area contributed by atoms with E-state index in [-0.39, 0.29) is 5.88 Å². The standard InChI is InChI=1S/C11H10BrF2N3O/c1-18-10-7(5-9(13)14)6-15-11(16-10)17-4-2-3-8(17)12/h2-4,6,9H,5H2,1H3. The summed E-state index contributed by atoms with van der Waals surface area (Å²) in [6.45, 7) is 0. The minimum absolute atomic E-state index is 0.168. The number of halogens is 3. The van der Waals surface area contributed by atoms with Gasteiger partial charge in [0, 0.05) is 24.4 Å². The van der Waals surface area contributed by atoms with Crippen LogP contribution in [-0.2, 0) is 6.42 Å². The zero-order valence-electron chi connectivity index (χ0n) is 9.48. The van der Waals surface area contributed by atoms with Gasteiger partial charge in [0.2, 0.25) is 18.3 Å². The van der Waals surface area contributed by atoms with Crippen LogP contribution in [0.25, 0.3) is 5.95 Å². The van der Waals surface area contributed by atoms with Gasteiger partial charge >= 0.3 is 0 Å². The Hall–Kier alpha value is -1.50. The van der Waals surface area contributed by atoms with Crippen LogP contribution in [0.1, 0.15) is 5.56 Å². The summed E-state index contributed by atoms with van der Waals surface area (Å²) in [5, 5.41) is 0. The van der Waals surface area contributed by atoms with Crippen molar-refractivity contribution in [2.75, 3.05) is 7.11 Å². The molecule has 7 heteroatoms. The molecule has 18 heavy (non-hydrogen) atoms. The summed E-state index contributed by atoms with van der Waals surface area (Å²) in [5.41, 5.74) is 0.291. The SMILES string of the molecule is COc1nc(-n2cccc2Br)ncc1CC(F)F. The summed E-state index contributed by atoms with van der Waals surface area (Å²) in [6, 6.07) is 3.63. The number of hydrogen-bond acceptors (Lipinski definition) is 3. The average Bonchev–Trinajstić information content (AvgIpc) is 2.75. The molecular weight excluding hydrogens is 308 g/mol. The average molecular weight is 318 g/mol. The first-order valence-corrected chi connectivity index (χ1v) is 5.92. The van der Waals surface area contributed by atoms with Crippen LogP contribution in [0.2, 0.25) is 0 Å². The minimum atomic E-state index is -2.45. The minimum Gasteiger partial charge on any atom is -0.481 e. The third kappa shape index (κ3) is 2.66. The quantitative estimate of drug-likeness (QED) is 0.870. The molecule has 0 radical (unpaired) electrons. The highest BCUT2D eigenvalue weighted by Gasteiger charge is 2.14. The van der Waals surface area contributed by atoms with Crippen molar-refractivity contribution < 1.29 is 13.5 Å². The molecule has 0 amide bonds. The normalized spacial score (nSPS) is 10.9. The Morgan fingerprint density at radius 2 is 2.28 bits per heavy atom. The number of methoxy groups -OCH3 is 1. The maximum Gasteiger partial charge on any atom is 0.242 e. The van der Waals surface area contributed by atoms with Gasteiger partial charge in [0.15, 0.2) is 0 Å². The molecule has 0 aliphatic rings. The second-order valence-electron chi connectivity index (χ2n) is 3.50. The van der Waals surface area contributed by atoms with Gasteiger partial charge in [-0.15, -0.1) is 0 Å². The molecule has 0 saturated carbocycles. The number of hydrogen-bond donors (Lipinski definition) is 0. The first kappa shape index (κ1) is 12.9. The number of nitrogens with zero attached hydrogens (tertiary/aromatic N) is 3. The molecule has 4 nitrogen and oxygen atoms in total. The Morgan fingerprint density at radius 3 is 2.83 bits per heavy atom. The van der Waals surface area contributed by atoms with Gasteiger partial charge in [-0.3, -0.25) is 4.57 Å². The summed E-state index contributed by atoms with van der Waals surface area (Å²) in [6.07, 6.45) is 0.244. The van der Waals surface area contributed by atoms with E-state index < -0.39 is 12.8 Å². The summed E-state index contributed by atoms with van der Waals surface area (Å²) >= 11 is 3.33. The zero-order chi connectivity index (χ0) is 13.1. The lowest BCUT2D eigenvalue weighted by molar-refractivity contribution is 0.147. The van der Waals surface area contributed by atoms with E-state index in [1.54, 1.807) is 10.8 Å². The van der Waals surface area contributed by atoms with Crippen LogP contribution in [0, 0.1) is 0 Å². The third-order valence-corrected chi connectivity index (χ3v) is 2.94. The van der Waals surface area contributed by atoms with Crippen LogP contribution in [-0.4, -0.2) is 28.1 Å². The Balaban J connectivity index is 2.39. The number of aromatic nitrogens is 3. The predicted octanol–water partition coefficient (Wildman–Crippen LogP) is 2.85. The summed E-state index contributed by atoms with van der Waals surface area (Å²) in [5.74, 6) is 0.530. The number of ether oxygens (including phenoxy) is 1. The molecule has 0 spiro atoms. The molecule has 0 saturated heterocycles. The van der Waals surface area contributed by atoms with Crippen LogP contribution in [0.4, 0.5) is 8.78 Å². The summed E-state index contributed by atoms with van der Waals surface area (Å²) in [7, 11) is 1.39. The van der Waals surface area contributed by atoms with Gasteiger partial charge < -0.3 is 4.74 Å². The van der Waals surface area contributed by atoms with Crippen molar-refractivity contribution in [1.29, 1.82) is 0 Å².